The molecule has 3 nitrogen and oxygen atoms in total. The van der Waals surface area contributed by atoms with Crippen molar-refractivity contribution in [3.63, 3.8) is 0 Å². The van der Waals surface area contributed by atoms with E-state index < -0.39 is 0 Å². The number of amides is 1. The molecule has 6 heteroatoms. The van der Waals surface area contributed by atoms with Gasteiger partial charge in [-0.2, -0.15) is 0 Å². The summed E-state index contributed by atoms with van der Waals surface area (Å²) in [5.74, 6) is 0.298. The summed E-state index contributed by atoms with van der Waals surface area (Å²) in [6.07, 6.45) is 0. The third-order valence-corrected chi connectivity index (χ3v) is 4.33. The number of benzene rings is 1. The van der Waals surface area contributed by atoms with Crippen LogP contribution >= 0.6 is 34.5 Å². The van der Waals surface area contributed by atoms with Crippen LogP contribution in [0.5, 0.6) is 5.75 Å². The number of rotatable bonds is 5. The molecular weight excluding hydrogens is 317 g/mol. The number of ether oxygens (including phenoxy) is 1. The number of likely N-dealkylation sites (N-methyl/N-ethyl adjacent to an activating group) is 1. The van der Waals surface area contributed by atoms with E-state index in [0.29, 0.717) is 22.3 Å². The van der Waals surface area contributed by atoms with E-state index in [1.165, 1.54) is 0 Å². The van der Waals surface area contributed by atoms with Gasteiger partial charge in [0.1, 0.15) is 10.8 Å². The number of carbonyl (C=O) groups excluding carboxylic acids is 1. The molecule has 0 fully saturated rings. The first-order chi connectivity index (χ1) is 9.58. The van der Waals surface area contributed by atoms with Crippen molar-refractivity contribution < 1.29 is 9.53 Å². The van der Waals surface area contributed by atoms with Crippen molar-refractivity contribution in [3.05, 3.63) is 50.6 Å². The molecule has 0 aliphatic heterocycles. The molecule has 0 bridgehead atoms. The quantitative estimate of drug-likeness (QED) is 0.826. The van der Waals surface area contributed by atoms with E-state index in [9.17, 15) is 4.79 Å². The summed E-state index contributed by atoms with van der Waals surface area (Å²) in [7, 11) is 1.74. The zero-order valence-electron chi connectivity index (χ0n) is 10.8. The van der Waals surface area contributed by atoms with Gasteiger partial charge in [-0.05, 0) is 23.6 Å². The number of hydrogen-bond donors (Lipinski definition) is 0. The van der Waals surface area contributed by atoms with Crippen LogP contribution in [0.1, 0.15) is 4.88 Å². The Morgan fingerprint density at radius 1 is 1.30 bits per heavy atom. The molecule has 1 aromatic heterocycles. The Bertz CT molecular complexity index is 587. The molecule has 0 N–H and O–H groups in total. The van der Waals surface area contributed by atoms with Crippen LogP contribution in [0.4, 0.5) is 0 Å². The van der Waals surface area contributed by atoms with E-state index in [1.54, 1.807) is 41.5 Å². The zero-order chi connectivity index (χ0) is 14.5. The number of hydrogen-bond acceptors (Lipinski definition) is 3. The average molecular weight is 330 g/mol. The van der Waals surface area contributed by atoms with Crippen LogP contribution in [-0.2, 0) is 11.3 Å². The Labute approximate surface area is 131 Å². The number of thiophene rings is 1. The standard InChI is InChI=1S/C14H13Cl2NO2S/c1-17(8-10-4-3-7-20-10)13(18)9-19-12-6-2-5-11(15)14(12)16/h2-7H,8-9H2,1H3. The predicted octanol–water partition coefficient (Wildman–Crippen LogP) is 4.09. The summed E-state index contributed by atoms with van der Waals surface area (Å²) >= 11 is 13.5. The maximum absolute atomic E-state index is 12.0. The second-order valence-corrected chi connectivity index (χ2v) is 5.99. The highest BCUT2D eigenvalue weighted by atomic mass is 35.5. The monoisotopic (exact) mass is 329 g/mol. The minimum Gasteiger partial charge on any atom is -0.482 e. The Morgan fingerprint density at radius 2 is 2.10 bits per heavy atom. The maximum atomic E-state index is 12.0. The molecule has 2 rings (SSSR count). The molecule has 0 saturated carbocycles. The van der Waals surface area contributed by atoms with E-state index in [-0.39, 0.29) is 12.5 Å². The summed E-state index contributed by atoms with van der Waals surface area (Å²) < 4.78 is 5.42. The first-order valence-corrected chi connectivity index (χ1v) is 7.54. The second kappa shape index (κ2) is 6.97. The van der Waals surface area contributed by atoms with Gasteiger partial charge in [-0.1, -0.05) is 35.3 Å². The molecule has 0 aliphatic carbocycles. The Kier molecular flexibility index (Phi) is 5.29. The van der Waals surface area contributed by atoms with E-state index in [2.05, 4.69) is 0 Å². The van der Waals surface area contributed by atoms with E-state index in [4.69, 9.17) is 27.9 Å². The highest BCUT2D eigenvalue weighted by Crippen LogP contribution is 2.31. The van der Waals surface area contributed by atoms with Gasteiger partial charge in [0.2, 0.25) is 0 Å². The number of halogens is 2. The number of carbonyl (C=O) groups is 1. The lowest BCUT2D eigenvalue weighted by Crippen LogP contribution is -2.30. The molecule has 0 unspecified atom stereocenters. The highest BCUT2D eigenvalue weighted by Gasteiger charge is 2.12. The molecule has 1 amide bonds. The summed E-state index contributed by atoms with van der Waals surface area (Å²) in [6.45, 7) is 0.505. The lowest BCUT2D eigenvalue weighted by Gasteiger charge is -2.17. The molecule has 0 spiro atoms. The fourth-order valence-corrected chi connectivity index (χ4v) is 2.67. The fraction of sp³-hybridized carbons (Fsp3) is 0.214. The van der Waals surface area contributed by atoms with Gasteiger partial charge in [0.25, 0.3) is 5.91 Å². The van der Waals surface area contributed by atoms with Crippen molar-refractivity contribution in [2.24, 2.45) is 0 Å². The van der Waals surface area contributed by atoms with Gasteiger partial charge in [-0.15, -0.1) is 11.3 Å². The van der Waals surface area contributed by atoms with Gasteiger partial charge in [0.15, 0.2) is 6.61 Å². The molecule has 0 saturated heterocycles. The van der Waals surface area contributed by atoms with Crippen LogP contribution in [0.25, 0.3) is 0 Å². The maximum Gasteiger partial charge on any atom is 0.260 e. The molecule has 20 heavy (non-hydrogen) atoms. The van der Waals surface area contributed by atoms with Gasteiger partial charge >= 0.3 is 0 Å². The van der Waals surface area contributed by atoms with Gasteiger partial charge in [0, 0.05) is 11.9 Å². The van der Waals surface area contributed by atoms with Crippen molar-refractivity contribution in [2.75, 3.05) is 13.7 Å². The van der Waals surface area contributed by atoms with Crippen LogP contribution in [0, 0.1) is 0 Å². The van der Waals surface area contributed by atoms with Crippen molar-refractivity contribution in [2.45, 2.75) is 6.54 Å². The van der Waals surface area contributed by atoms with Gasteiger partial charge in [0.05, 0.1) is 11.6 Å². The SMILES string of the molecule is CN(Cc1cccs1)C(=O)COc1cccc(Cl)c1Cl. The topological polar surface area (TPSA) is 29.5 Å². The fourth-order valence-electron chi connectivity index (χ4n) is 1.57. The van der Waals surface area contributed by atoms with Crippen molar-refractivity contribution >= 4 is 40.4 Å². The third-order valence-electron chi connectivity index (χ3n) is 2.67. The summed E-state index contributed by atoms with van der Waals surface area (Å²) in [5, 5.41) is 2.71. The molecule has 0 aliphatic rings. The largest absolute Gasteiger partial charge is 0.482 e. The first kappa shape index (κ1) is 15.2. The van der Waals surface area contributed by atoms with Crippen molar-refractivity contribution in [3.8, 4) is 5.75 Å². The summed E-state index contributed by atoms with van der Waals surface area (Å²) in [5.41, 5.74) is 0. The molecule has 2 aromatic rings. The molecule has 1 aromatic carbocycles. The van der Waals surface area contributed by atoms with Crippen molar-refractivity contribution in [1.82, 2.24) is 4.90 Å². The van der Waals surface area contributed by atoms with Crippen LogP contribution < -0.4 is 4.74 Å². The van der Waals surface area contributed by atoms with Crippen molar-refractivity contribution in [1.29, 1.82) is 0 Å². The molecule has 1 heterocycles. The lowest BCUT2D eigenvalue weighted by atomic mass is 10.3. The number of nitrogens with zero attached hydrogens (tertiary/aromatic N) is 1. The summed E-state index contributed by atoms with van der Waals surface area (Å²) in [4.78, 5) is 14.7. The van der Waals surface area contributed by atoms with Gasteiger partial charge in [-0.3, -0.25) is 4.79 Å². The molecule has 0 atom stereocenters. The van der Waals surface area contributed by atoms with Crippen LogP contribution in [0.15, 0.2) is 35.7 Å². The highest BCUT2D eigenvalue weighted by molar-refractivity contribution is 7.09. The molecule has 0 radical (unpaired) electrons. The van der Waals surface area contributed by atoms with Gasteiger partial charge in [-0.25, -0.2) is 0 Å². The minimum atomic E-state index is -0.116. The van der Waals surface area contributed by atoms with Crippen LogP contribution in [-0.4, -0.2) is 24.5 Å². The minimum absolute atomic E-state index is 0.0675. The molecular formula is C14H13Cl2NO2S. The Morgan fingerprint density at radius 3 is 2.80 bits per heavy atom. The van der Waals surface area contributed by atoms with E-state index in [0.717, 1.165) is 4.88 Å². The van der Waals surface area contributed by atoms with Gasteiger partial charge < -0.3 is 9.64 Å². The lowest BCUT2D eigenvalue weighted by molar-refractivity contribution is -0.132. The van der Waals surface area contributed by atoms with E-state index in [1.807, 2.05) is 17.5 Å². The first-order valence-electron chi connectivity index (χ1n) is 5.91. The van der Waals surface area contributed by atoms with Crippen LogP contribution in [0.3, 0.4) is 0 Å². The zero-order valence-corrected chi connectivity index (χ0v) is 13.1. The average Bonchev–Trinajstić information content (AvgIpc) is 2.93. The smallest absolute Gasteiger partial charge is 0.260 e. The summed E-state index contributed by atoms with van der Waals surface area (Å²) in [6, 6.07) is 9.02. The predicted molar refractivity (Wildman–Crippen MR) is 82.8 cm³/mol. The molecule has 106 valence electrons. The Balaban J connectivity index is 1.90. The van der Waals surface area contributed by atoms with E-state index >= 15 is 0 Å². The normalized spacial score (nSPS) is 10.3. The third kappa shape index (κ3) is 3.88. The Hall–Kier alpha value is -1.23. The second-order valence-electron chi connectivity index (χ2n) is 4.17. The van der Waals surface area contributed by atoms with Crippen LogP contribution in [0.2, 0.25) is 10.0 Å².